The van der Waals surface area contributed by atoms with Gasteiger partial charge in [0.25, 0.3) is 0 Å². The normalized spacial score (nSPS) is 17.1. The first-order chi connectivity index (χ1) is 9.67. The molecule has 3 heteroatoms. The summed E-state index contributed by atoms with van der Waals surface area (Å²) >= 11 is 0. The number of phenolic OH excluding ortho intramolecular Hbond substituents is 2. The van der Waals surface area contributed by atoms with Crippen LogP contribution in [0.25, 0.3) is 11.6 Å². The number of aromatic hydroxyl groups is 2. The lowest BCUT2D eigenvalue weighted by molar-refractivity contribution is 0.249. The van der Waals surface area contributed by atoms with Crippen molar-refractivity contribution in [2.45, 2.75) is 19.4 Å². The third-order valence-electron chi connectivity index (χ3n) is 3.50. The fraction of sp³-hybridized carbons (Fsp3) is 0.176. The lowest BCUT2D eigenvalue weighted by Gasteiger charge is -2.27. The quantitative estimate of drug-likeness (QED) is 0.870. The summed E-state index contributed by atoms with van der Waals surface area (Å²) < 4.78 is 5.97. The minimum absolute atomic E-state index is 0.0474. The first kappa shape index (κ1) is 12.6. The molecule has 0 radical (unpaired) electrons. The molecule has 20 heavy (non-hydrogen) atoms. The summed E-state index contributed by atoms with van der Waals surface area (Å²) in [5.74, 6) is 1.17. The molecule has 0 saturated carbocycles. The van der Waals surface area contributed by atoms with Gasteiger partial charge in [-0.15, -0.1) is 0 Å². The number of fused-ring (bicyclic) bond motifs is 1. The number of hydrogen-bond donors (Lipinski definition) is 2. The zero-order valence-electron chi connectivity index (χ0n) is 11.2. The maximum absolute atomic E-state index is 9.53. The van der Waals surface area contributed by atoms with Gasteiger partial charge in [0.2, 0.25) is 0 Å². The van der Waals surface area contributed by atoms with E-state index in [0.717, 1.165) is 23.1 Å². The van der Waals surface area contributed by atoms with E-state index in [2.05, 4.69) is 13.0 Å². The minimum Gasteiger partial charge on any atom is -0.508 e. The van der Waals surface area contributed by atoms with Crippen LogP contribution in [-0.4, -0.2) is 16.3 Å². The van der Waals surface area contributed by atoms with Crippen LogP contribution in [0, 0.1) is 0 Å². The molecule has 0 aliphatic carbocycles. The van der Waals surface area contributed by atoms with Gasteiger partial charge in [0.05, 0.1) is 0 Å². The highest BCUT2D eigenvalue weighted by Crippen LogP contribution is 2.37. The van der Waals surface area contributed by atoms with E-state index in [1.54, 1.807) is 24.3 Å². The van der Waals surface area contributed by atoms with E-state index >= 15 is 0 Å². The van der Waals surface area contributed by atoms with E-state index in [-0.39, 0.29) is 17.6 Å². The van der Waals surface area contributed by atoms with Crippen LogP contribution in [0.2, 0.25) is 0 Å². The second-order valence-electron chi connectivity index (χ2n) is 4.88. The Morgan fingerprint density at radius 1 is 1.00 bits per heavy atom. The second kappa shape index (κ2) is 4.93. The maximum atomic E-state index is 9.53. The molecule has 0 amide bonds. The Morgan fingerprint density at radius 2 is 1.70 bits per heavy atom. The van der Waals surface area contributed by atoms with E-state index in [4.69, 9.17) is 4.74 Å². The van der Waals surface area contributed by atoms with Crippen LogP contribution in [0.1, 0.15) is 24.5 Å². The van der Waals surface area contributed by atoms with Crippen LogP contribution < -0.4 is 4.74 Å². The highest BCUT2D eigenvalue weighted by atomic mass is 16.5. The van der Waals surface area contributed by atoms with Gasteiger partial charge in [0, 0.05) is 17.2 Å². The molecule has 1 unspecified atom stereocenters. The predicted octanol–water partition coefficient (Wildman–Crippen LogP) is 3.81. The largest absolute Gasteiger partial charge is 0.508 e. The van der Waals surface area contributed by atoms with Crippen LogP contribution in [-0.2, 0) is 0 Å². The molecule has 0 bridgehead atoms. The summed E-state index contributed by atoms with van der Waals surface area (Å²) in [6.07, 6.45) is 2.87. The van der Waals surface area contributed by atoms with Crippen molar-refractivity contribution >= 4 is 11.6 Å². The van der Waals surface area contributed by atoms with Crippen LogP contribution in [0.5, 0.6) is 17.2 Å². The van der Waals surface area contributed by atoms with Crippen LogP contribution in [0.3, 0.4) is 0 Å². The molecule has 0 aromatic heterocycles. The molecule has 0 saturated heterocycles. The molecule has 1 aliphatic rings. The Labute approximate surface area is 117 Å². The van der Waals surface area contributed by atoms with Crippen molar-refractivity contribution in [2.24, 2.45) is 0 Å². The average Bonchev–Trinajstić information content (AvgIpc) is 2.46. The van der Waals surface area contributed by atoms with Crippen LogP contribution >= 0.6 is 0 Å². The molecule has 2 aromatic carbocycles. The van der Waals surface area contributed by atoms with Gasteiger partial charge in [-0.2, -0.15) is 0 Å². The monoisotopic (exact) mass is 268 g/mol. The fourth-order valence-electron chi connectivity index (χ4n) is 2.45. The highest BCUT2D eigenvalue weighted by Gasteiger charge is 2.22. The van der Waals surface area contributed by atoms with Crippen molar-refractivity contribution in [3.63, 3.8) is 0 Å². The molecule has 2 aromatic rings. The molecule has 0 fully saturated rings. The van der Waals surface area contributed by atoms with E-state index in [0.29, 0.717) is 5.75 Å². The molecule has 0 spiro atoms. The van der Waals surface area contributed by atoms with Gasteiger partial charge in [-0.3, -0.25) is 0 Å². The molecule has 1 atom stereocenters. The Kier molecular flexibility index (Phi) is 3.11. The zero-order chi connectivity index (χ0) is 14.1. The summed E-state index contributed by atoms with van der Waals surface area (Å²) in [5.41, 5.74) is 3.08. The highest BCUT2D eigenvalue weighted by molar-refractivity contribution is 5.87. The number of hydrogen-bond acceptors (Lipinski definition) is 3. The number of rotatable bonds is 2. The summed E-state index contributed by atoms with van der Waals surface area (Å²) in [6, 6.07) is 12.3. The van der Waals surface area contributed by atoms with E-state index in [1.165, 1.54) is 0 Å². The predicted molar refractivity (Wildman–Crippen MR) is 78.8 cm³/mol. The SMILES string of the molecule is CCC1Oc2cc(O)ccc2C=C1c1ccc(O)cc1. The topological polar surface area (TPSA) is 49.7 Å². The van der Waals surface area contributed by atoms with Gasteiger partial charge in [-0.05, 0) is 42.3 Å². The van der Waals surface area contributed by atoms with Crippen molar-refractivity contribution in [3.8, 4) is 17.2 Å². The third kappa shape index (κ3) is 2.23. The van der Waals surface area contributed by atoms with Gasteiger partial charge in [-0.1, -0.05) is 19.1 Å². The van der Waals surface area contributed by atoms with Gasteiger partial charge in [0.15, 0.2) is 0 Å². The van der Waals surface area contributed by atoms with Crippen LogP contribution in [0.15, 0.2) is 42.5 Å². The summed E-state index contributed by atoms with van der Waals surface area (Å²) in [4.78, 5) is 0. The summed E-state index contributed by atoms with van der Waals surface area (Å²) in [7, 11) is 0. The van der Waals surface area contributed by atoms with E-state index in [1.807, 2.05) is 18.2 Å². The van der Waals surface area contributed by atoms with E-state index < -0.39 is 0 Å². The Morgan fingerprint density at radius 3 is 2.40 bits per heavy atom. The summed E-state index contributed by atoms with van der Waals surface area (Å²) in [5, 5.41) is 18.9. The lowest BCUT2D eigenvalue weighted by atomic mass is 9.93. The fourth-order valence-corrected chi connectivity index (χ4v) is 2.45. The smallest absolute Gasteiger partial charge is 0.131 e. The second-order valence-corrected chi connectivity index (χ2v) is 4.88. The van der Waals surface area contributed by atoms with Gasteiger partial charge < -0.3 is 14.9 Å². The zero-order valence-corrected chi connectivity index (χ0v) is 11.2. The van der Waals surface area contributed by atoms with Crippen molar-refractivity contribution < 1.29 is 14.9 Å². The van der Waals surface area contributed by atoms with E-state index in [9.17, 15) is 10.2 Å². The van der Waals surface area contributed by atoms with Gasteiger partial charge in [0.1, 0.15) is 23.4 Å². The van der Waals surface area contributed by atoms with Crippen LogP contribution in [0.4, 0.5) is 0 Å². The molecular weight excluding hydrogens is 252 g/mol. The number of benzene rings is 2. The first-order valence-electron chi connectivity index (χ1n) is 6.68. The number of ether oxygens (including phenoxy) is 1. The van der Waals surface area contributed by atoms with Crippen molar-refractivity contribution in [3.05, 3.63) is 53.6 Å². The molecule has 2 N–H and O–H groups in total. The van der Waals surface area contributed by atoms with Gasteiger partial charge in [-0.25, -0.2) is 0 Å². The lowest BCUT2D eigenvalue weighted by Crippen LogP contribution is -2.20. The molecule has 1 heterocycles. The van der Waals surface area contributed by atoms with Crippen molar-refractivity contribution in [1.82, 2.24) is 0 Å². The molecule has 3 rings (SSSR count). The maximum Gasteiger partial charge on any atom is 0.131 e. The molecule has 3 nitrogen and oxygen atoms in total. The summed E-state index contributed by atoms with van der Waals surface area (Å²) in [6.45, 7) is 2.06. The molecular formula is C17H16O3. The minimum atomic E-state index is -0.0474. The Hall–Kier alpha value is -2.42. The standard InChI is InChI=1S/C17H16O3/c1-2-16-15(11-3-6-13(18)7-4-11)9-12-5-8-14(19)10-17(12)20-16/h3-10,16,18-19H,2H2,1H3. The molecule has 1 aliphatic heterocycles. The Balaban J connectivity index is 2.07. The average molecular weight is 268 g/mol. The number of phenols is 2. The van der Waals surface area contributed by atoms with Gasteiger partial charge >= 0.3 is 0 Å². The van der Waals surface area contributed by atoms with Crippen molar-refractivity contribution in [2.75, 3.05) is 0 Å². The third-order valence-corrected chi connectivity index (χ3v) is 3.50. The van der Waals surface area contributed by atoms with Crippen molar-refractivity contribution in [1.29, 1.82) is 0 Å². The first-order valence-corrected chi connectivity index (χ1v) is 6.68. The molecule has 102 valence electrons. The Bertz CT molecular complexity index is 656.